The van der Waals surface area contributed by atoms with Crippen LogP contribution in [0, 0.1) is 0 Å². The normalized spacial score (nSPS) is 15.7. The van der Waals surface area contributed by atoms with E-state index in [-0.39, 0.29) is 24.9 Å². The Morgan fingerprint density at radius 1 is 1.13 bits per heavy atom. The van der Waals surface area contributed by atoms with Crippen molar-refractivity contribution in [3.8, 4) is 0 Å². The fourth-order valence-corrected chi connectivity index (χ4v) is 2.51. The lowest BCUT2D eigenvalue weighted by Crippen LogP contribution is -2.52. The molecule has 6 nitrogen and oxygen atoms in total. The van der Waals surface area contributed by atoms with Gasteiger partial charge in [-0.3, -0.25) is 9.59 Å². The molecule has 0 radical (unpaired) electrons. The van der Waals surface area contributed by atoms with Gasteiger partial charge in [-0.25, -0.2) is 5.01 Å². The molecule has 1 aromatic carbocycles. The highest BCUT2D eigenvalue weighted by molar-refractivity contribution is 6.31. The number of amides is 2. The molecule has 0 bridgehead atoms. The molecular formula is C16H15ClN4O2. The van der Waals surface area contributed by atoms with Crippen LogP contribution in [-0.4, -0.2) is 40.7 Å². The summed E-state index contributed by atoms with van der Waals surface area (Å²) in [6.45, 7) is -0.143. The fraction of sp³-hybridized carbons (Fsp3) is 0.188. The van der Waals surface area contributed by atoms with E-state index in [9.17, 15) is 9.59 Å². The first-order valence-electron chi connectivity index (χ1n) is 7.06. The van der Waals surface area contributed by atoms with E-state index in [2.05, 4.69) is 5.10 Å². The predicted molar refractivity (Wildman–Crippen MR) is 88.5 cm³/mol. The summed E-state index contributed by atoms with van der Waals surface area (Å²) in [5.41, 5.74) is 1.46. The number of carbonyl (C=O) groups excluding carboxylic acids is 2. The maximum atomic E-state index is 12.3. The van der Waals surface area contributed by atoms with E-state index in [1.54, 1.807) is 30.5 Å². The van der Waals surface area contributed by atoms with Crippen LogP contribution in [0.25, 0.3) is 0 Å². The number of aromatic nitrogens is 1. The van der Waals surface area contributed by atoms with E-state index in [4.69, 9.17) is 11.6 Å². The van der Waals surface area contributed by atoms with Gasteiger partial charge >= 0.3 is 0 Å². The van der Waals surface area contributed by atoms with Crippen LogP contribution >= 0.6 is 11.6 Å². The predicted octanol–water partition coefficient (Wildman–Crippen LogP) is 1.89. The third-order valence-corrected chi connectivity index (χ3v) is 3.84. The Kier molecular flexibility index (Phi) is 4.16. The minimum atomic E-state index is -0.241. The minimum absolute atomic E-state index is 0.0519. The van der Waals surface area contributed by atoms with Crippen LogP contribution in [0.3, 0.4) is 0 Å². The Morgan fingerprint density at radius 3 is 2.65 bits per heavy atom. The number of halogens is 1. The molecule has 23 heavy (non-hydrogen) atoms. The number of anilines is 1. The van der Waals surface area contributed by atoms with E-state index in [0.29, 0.717) is 10.7 Å². The lowest BCUT2D eigenvalue weighted by atomic mass is 10.2. The van der Waals surface area contributed by atoms with Crippen molar-refractivity contribution in [3.05, 3.63) is 53.3 Å². The standard InChI is InChI=1S/C16H15ClN4O2/c1-19-7-3-6-14(19)9-18-21-11-15(22)20(10-16(21)23)13-5-2-4-12(17)8-13/h2-9H,10-11H2,1H3/b18-9-. The molecule has 1 saturated heterocycles. The van der Waals surface area contributed by atoms with Crippen molar-refractivity contribution in [2.75, 3.05) is 18.0 Å². The molecule has 2 aromatic rings. The van der Waals surface area contributed by atoms with Crippen molar-refractivity contribution in [2.24, 2.45) is 12.1 Å². The average molecular weight is 331 g/mol. The first-order valence-corrected chi connectivity index (χ1v) is 7.44. The smallest absolute Gasteiger partial charge is 0.263 e. The molecule has 118 valence electrons. The summed E-state index contributed by atoms with van der Waals surface area (Å²) in [6, 6.07) is 10.6. The molecule has 0 N–H and O–H groups in total. The number of benzene rings is 1. The SMILES string of the molecule is Cn1cccc1/C=N\N1CC(=O)N(c2cccc(Cl)c2)CC1=O. The second-order valence-electron chi connectivity index (χ2n) is 5.20. The highest BCUT2D eigenvalue weighted by atomic mass is 35.5. The number of hydrogen-bond acceptors (Lipinski definition) is 3. The van der Waals surface area contributed by atoms with Crippen LogP contribution in [0.4, 0.5) is 5.69 Å². The largest absolute Gasteiger partial charge is 0.350 e. The highest BCUT2D eigenvalue weighted by Crippen LogP contribution is 2.21. The van der Waals surface area contributed by atoms with Crippen molar-refractivity contribution in [2.45, 2.75) is 0 Å². The van der Waals surface area contributed by atoms with Crippen molar-refractivity contribution >= 4 is 35.3 Å². The Morgan fingerprint density at radius 2 is 1.96 bits per heavy atom. The summed E-state index contributed by atoms with van der Waals surface area (Å²) < 4.78 is 1.87. The average Bonchev–Trinajstić information content (AvgIpc) is 2.93. The van der Waals surface area contributed by atoms with Crippen molar-refractivity contribution < 1.29 is 9.59 Å². The summed E-state index contributed by atoms with van der Waals surface area (Å²) in [5.74, 6) is -0.439. The monoisotopic (exact) mass is 330 g/mol. The Balaban J connectivity index is 1.75. The Hall–Kier alpha value is -2.60. The van der Waals surface area contributed by atoms with Crippen LogP contribution in [0.2, 0.25) is 5.02 Å². The summed E-state index contributed by atoms with van der Waals surface area (Å²) in [5, 5.41) is 5.84. The van der Waals surface area contributed by atoms with Gasteiger partial charge in [0.05, 0.1) is 11.9 Å². The quantitative estimate of drug-likeness (QED) is 0.807. The Labute approximate surface area is 138 Å². The molecule has 1 fully saturated rings. The van der Waals surface area contributed by atoms with Gasteiger partial charge in [-0.2, -0.15) is 5.10 Å². The van der Waals surface area contributed by atoms with Gasteiger partial charge in [0.15, 0.2) is 0 Å². The molecular weight excluding hydrogens is 316 g/mol. The van der Waals surface area contributed by atoms with E-state index >= 15 is 0 Å². The second kappa shape index (κ2) is 6.26. The van der Waals surface area contributed by atoms with Gasteiger partial charge in [0, 0.05) is 24.0 Å². The van der Waals surface area contributed by atoms with Gasteiger partial charge < -0.3 is 9.47 Å². The van der Waals surface area contributed by atoms with Crippen LogP contribution in [-0.2, 0) is 16.6 Å². The molecule has 0 atom stereocenters. The number of carbonyl (C=O) groups is 2. The van der Waals surface area contributed by atoms with Crippen molar-refractivity contribution in [1.29, 1.82) is 0 Å². The topological polar surface area (TPSA) is 57.9 Å². The molecule has 1 aromatic heterocycles. The summed E-state index contributed by atoms with van der Waals surface area (Å²) in [4.78, 5) is 26.0. The number of rotatable bonds is 3. The molecule has 1 aliphatic heterocycles. The van der Waals surface area contributed by atoms with Crippen molar-refractivity contribution in [1.82, 2.24) is 9.58 Å². The zero-order valence-electron chi connectivity index (χ0n) is 12.5. The molecule has 3 rings (SSSR count). The van der Waals surface area contributed by atoms with Crippen LogP contribution in [0.1, 0.15) is 5.69 Å². The number of nitrogens with zero attached hydrogens (tertiary/aromatic N) is 4. The summed E-state index contributed by atoms with van der Waals surface area (Å²) in [6.07, 6.45) is 3.45. The maximum absolute atomic E-state index is 12.3. The highest BCUT2D eigenvalue weighted by Gasteiger charge is 2.30. The second-order valence-corrected chi connectivity index (χ2v) is 5.64. The zero-order chi connectivity index (χ0) is 16.4. The number of aryl methyl sites for hydroxylation is 1. The molecule has 0 saturated carbocycles. The van der Waals surface area contributed by atoms with Crippen LogP contribution in [0.15, 0.2) is 47.7 Å². The van der Waals surface area contributed by atoms with Crippen LogP contribution in [0.5, 0.6) is 0 Å². The molecule has 2 amide bonds. The molecule has 0 unspecified atom stereocenters. The van der Waals surface area contributed by atoms with E-state index < -0.39 is 0 Å². The van der Waals surface area contributed by atoms with Crippen LogP contribution < -0.4 is 4.90 Å². The lowest BCUT2D eigenvalue weighted by Gasteiger charge is -2.31. The summed E-state index contributed by atoms with van der Waals surface area (Å²) in [7, 11) is 1.88. The Bertz CT molecular complexity index is 784. The summed E-state index contributed by atoms with van der Waals surface area (Å²) >= 11 is 5.94. The molecule has 0 aliphatic carbocycles. The van der Waals surface area contributed by atoms with Gasteiger partial charge in [0.2, 0.25) is 5.91 Å². The van der Waals surface area contributed by atoms with E-state index in [1.165, 1.54) is 9.91 Å². The number of hydrazone groups is 1. The molecule has 7 heteroatoms. The van der Waals surface area contributed by atoms with Crippen molar-refractivity contribution in [3.63, 3.8) is 0 Å². The third kappa shape index (κ3) is 3.27. The van der Waals surface area contributed by atoms with Gasteiger partial charge in [-0.15, -0.1) is 0 Å². The van der Waals surface area contributed by atoms with E-state index in [1.807, 2.05) is 29.9 Å². The molecule has 1 aliphatic rings. The maximum Gasteiger partial charge on any atom is 0.263 e. The fourth-order valence-electron chi connectivity index (χ4n) is 2.33. The molecule has 0 spiro atoms. The zero-order valence-corrected chi connectivity index (χ0v) is 13.3. The van der Waals surface area contributed by atoms with Gasteiger partial charge in [-0.05, 0) is 30.3 Å². The van der Waals surface area contributed by atoms with E-state index in [0.717, 1.165) is 5.69 Å². The minimum Gasteiger partial charge on any atom is -0.350 e. The first-order chi connectivity index (χ1) is 11.0. The van der Waals surface area contributed by atoms with Gasteiger partial charge in [-0.1, -0.05) is 17.7 Å². The first kappa shape index (κ1) is 15.3. The van der Waals surface area contributed by atoms with Gasteiger partial charge in [0.25, 0.3) is 5.91 Å². The lowest BCUT2D eigenvalue weighted by molar-refractivity contribution is -0.138. The number of hydrogen-bond donors (Lipinski definition) is 0. The third-order valence-electron chi connectivity index (χ3n) is 3.60. The molecule has 2 heterocycles. The van der Waals surface area contributed by atoms with Gasteiger partial charge in [0.1, 0.15) is 13.1 Å². The number of piperazine rings is 1.